The number of nitrogens with zero attached hydrogens (tertiary/aromatic N) is 1. The van der Waals surface area contributed by atoms with Crippen LogP contribution in [-0.2, 0) is 10.0 Å². The van der Waals surface area contributed by atoms with E-state index in [1.54, 1.807) is 6.92 Å². The van der Waals surface area contributed by atoms with Crippen molar-refractivity contribution in [2.45, 2.75) is 11.9 Å². The van der Waals surface area contributed by atoms with Gasteiger partial charge in [0.15, 0.2) is 5.03 Å². The van der Waals surface area contributed by atoms with Gasteiger partial charge in [0.2, 0.25) is 0 Å². The number of pyridine rings is 1. The Bertz CT molecular complexity index is 567. The molecule has 2 N–H and O–H groups in total. The van der Waals surface area contributed by atoms with E-state index in [4.69, 9.17) is 5.11 Å². The molecule has 7 heteroatoms. The van der Waals surface area contributed by atoms with Crippen molar-refractivity contribution in [2.75, 3.05) is 6.54 Å². The standard InChI is InChI=1S/C10H10N2O4S/c1-2-3-6-12-17(15,16)9-5-4-8(7-11-9)10(13)14/h4-5,7,12H,6H2,1H3,(H,13,14). The molecule has 0 radical (unpaired) electrons. The molecule has 1 rings (SSSR count). The predicted octanol–water partition coefficient (Wildman–Crippen LogP) is 0.0814. The Balaban J connectivity index is 2.91. The first-order chi connectivity index (χ1) is 7.97. The van der Waals surface area contributed by atoms with Crippen molar-refractivity contribution >= 4 is 16.0 Å². The van der Waals surface area contributed by atoms with E-state index in [0.29, 0.717) is 0 Å². The Morgan fingerprint density at radius 1 is 1.53 bits per heavy atom. The van der Waals surface area contributed by atoms with Crippen molar-refractivity contribution < 1.29 is 18.3 Å². The van der Waals surface area contributed by atoms with Gasteiger partial charge in [0, 0.05) is 6.20 Å². The molecule has 1 aromatic heterocycles. The zero-order valence-corrected chi connectivity index (χ0v) is 9.78. The lowest BCUT2D eigenvalue weighted by Gasteiger charge is -2.02. The summed E-state index contributed by atoms with van der Waals surface area (Å²) in [7, 11) is -3.73. The van der Waals surface area contributed by atoms with E-state index in [1.165, 1.54) is 6.07 Å². The second-order valence-corrected chi connectivity index (χ2v) is 4.66. The number of hydrogen-bond acceptors (Lipinski definition) is 4. The maximum atomic E-state index is 11.6. The van der Waals surface area contributed by atoms with Crippen molar-refractivity contribution in [2.24, 2.45) is 0 Å². The second-order valence-electron chi connectivity index (χ2n) is 2.94. The highest BCUT2D eigenvalue weighted by atomic mass is 32.2. The molecule has 0 aliphatic rings. The third-order valence-corrected chi connectivity index (χ3v) is 3.10. The Morgan fingerprint density at radius 2 is 2.24 bits per heavy atom. The molecule has 0 unspecified atom stereocenters. The van der Waals surface area contributed by atoms with Crippen molar-refractivity contribution in [3.8, 4) is 11.8 Å². The predicted molar refractivity (Wildman–Crippen MR) is 59.8 cm³/mol. The summed E-state index contributed by atoms with van der Waals surface area (Å²) < 4.78 is 25.4. The molecular formula is C10H10N2O4S. The van der Waals surface area contributed by atoms with Gasteiger partial charge in [0.25, 0.3) is 10.0 Å². The first kappa shape index (κ1) is 13.2. The summed E-state index contributed by atoms with van der Waals surface area (Å²) in [6.07, 6.45) is 0.988. The van der Waals surface area contributed by atoms with Gasteiger partial charge in [-0.2, -0.15) is 4.72 Å². The van der Waals surface area contributed by atoms with Gasteiger partial charge in [-0.25, -0.2) is 18.2 Å². The largest absolute Gasteiger partial charge is 0.478 e. The summed E-state index contributed by atoms with van der Waals surface area (Å²) in [4.78, 5) is 14.1. The van der Waals surface area contributed by atoms with E-state index >= 15 is 0 Å². The molecule has 0 aliphatic heterocycles. The highest BCUT2D eigenvalue weighted by Gasteiger charge is 2.15. The van der Waals surface area contributed by atoms with E-state index < -0.39 is 16.0 Å². The Morgan fingerprint density at radius 3 is 2.71 bits per heavy atom. The van der Waals surface area contributed by atoms with Gasteiger partial charge in [0.05, 0.1) is 12.1 Å². The number of hydrogen-bond donors (Lipinski definition) is 2. The zero-order chi connectivity index (χ0) is 12.9. The molecule has 0 amide bonds. The van der Waals surface area contributed by atoms with E-state index in [1.807, 2.05) is 0 Å². The molecule has 0 bridgehead atoms. The Kier molecular flexibility index (Phi) is 4.20. The van der Waals surface area contributed by atoms with Crippen LogP contribution >= 0.6 is 0 Å². The van der Waals surface area contributed by atoms with Crippen LogP contribution in [0.25, 0.3) is 0 Å². The minimum absolute atomic E-state index is 0.0127. The fourth-order valence-corrected chi connectivity index (χ4v) is 1.81. The molecule has 6 nitrogen and oxygen atoms in total. The SMILES string of the molecule is CC#CCNS(=O)(=O)c1ccc(C(=O)O)cn1. The highest BCUT2D eigenvalue weighted by Crippen LogP contribution is 2.06. The minimum Gasteiger partial charge on any atom is -0.478 e. The van der Waals surface area contributed by atoms with Crippen LogP contribution in [0.2, 0.25) is 0 Å². The summed E-state index contributed by atoms with van der Waals surface area (Å²) in [6, 6.07) is 2.31. The fraction of sp³-hybridized carbons (Fsp3) is 0.200. The summed E-state index contributed by atoms with van der Waals surface area (Å²) in [5.74, 6) is 3.92. The molecule has 0 atom stereocenters. The highest BCUT2D eigenvalue weighted by molar-refractivity contribution is 7.89. The first-order valence-electron chi connectivity index (χ1n) is 4.56. The number of carbonyl (C=O) groups is 1. The molecule has 0 aromatic carbocycles. The van der Waals surface area contributed by atoms with Crippen molar-refractivity contribution in [3.05, 3.63) is 23.9 Å². The molecule has 1 aromatic rings. The van der Waals surface area contributed by atoms with Crippen LogP contribution < -0.4 is 4.72 Å². The summed E-state index contributed by atoms with van der Waals surface area (Å²) in [6.45, 7) is 1.58. The van der Waals surface area contributed by atoms with Gasteiger partial charge in [0.1, 0.15) is 0 Å². The van der Waals surface area contributed by atoms with Crippen LogP contribution in [-0.4, -0.2) is 31.0 Å². The quantitative estimate of drug-likeness (QED) is 0.742. The van der Waals surface area contributed by atoms with Crippen LogP contribution in [0.1, 0.15) is 17.3 Å². The molecule has 1 heterocycles. The fourth-order valence-electron chi connectivity index (χ4n) is 0.959. The lowest BCUT2D eigenvalue weighted by molar-refractivity contribution is 0.0696. The third-order valence-electron chi connectivity index (χ3n) is 1.79. The number of carboxylic acid groups (broad SMARTS) is 1. The van der Waals surface area contributed by atoms with Gasteiger partial charge >= 0.3 is 5.97 Å². The Hall–Kier alpha value is -1.91. The number of rotatable bonds is 4. The smallest absolute Gasteiger partial charge is 0.337 e. The first-order valence-corrected chi connectivity index (χ1v) is 6.04. The van der Waals surface area contributed by atoms with Gasteiger partial charge in [-0.15, -0.1) is 5.92 Å². The average molecular weight is 254 g/mol. The number of carboxylic acids is 1. The van der Waals surface area contributed by atoms with Gasteiger partial charge < -0.3 is 5.11 Å². The molecule has 0 aliphatic carbocycles. The summed E-state index contributed by atoms with van der Waals surface area (Å²) >= 11 is 0. The molecule has 17 heavy (non-hydrogen) atoms. The van der Waals surface area contributed by atoms with Crippen LogP contribution in [0.5, 0.6) is 0 Å². The molecule has 0 saturated heterocycles. The normalized spacial score (nSPS) is 10.4. The van der Waals surface area contributed by atoms with E-state index in [2.05, 4.69) is 21.5 Å². The lowest BCUT2D eigenvalue weighted by Crippen LogP contribution is -2.25. The monoisotopic (exact) mass is 254 g/mol. The van der Waals surface area contributed by atoms with Gasteiger partial charge in [-0.05, 0) is 19.1 Å². The number of aromatic nitrogens is 1. The molecule has 90 valence electrons. The zero-order valence-electron chi connectivity index (χ0n) is 8.97. The van der Waals surface area contributed by atoms with Crippen molar-refractivity contribution in [3.63, 3.8) is 0 Å². The van der Waals surface area contributed by atoms with Gasteiger partial charge in [-0.3, -0.25) is 0 Å². The maximum absolute atomic E-state index is 11.6. The van der Waals surface area contributed by atoms with E-state index in [0.717, 1.165) is 12.3 Å². The van der Waals surface area contributed by atoms with Crippen LogP contribution in [0.3, 0.4) is 0 Å². The number of sulfonamides is 1. The molecule has 0 spiro atoms. The van der Waals surface area contributed by atoms with Crippen LogP contribution in [0, 0.1) is 11.8 Å². The van der Waals surface area contributed by atoms with E-state index in [9.17, 15) is 13.2 Å². The lowest BCUT2D eigenvalue weighted by atomic mass is 10.3. The third kappa shape index (κ3) is 3.55. The summed E-state index contributed by atoms with van der Waals surface area (Å²) in [5.41, 5.74) is -0.0719. The average Bonchev–Trinajstić information content (AvgIpc) is 2.29. The summed E-state index contributed by atoms with van der Waals surface area (Å²) in [5, 5.41) is 8.39. The molecule has 0 saturated carbocycles. The second kappa shape index (κ2) is 5.43. The molecular weight excluding hydrogens is 244 g/mol. The number of nitrogens with one attached hydrogen (secondary N) is 1. The topological polar surface area (TPSA) is 96.4 Å². The van der Waals surface area contributed by atoms with Crippen LogP contribution in [0.4, 0.5) is 0 Å². The van der Waals surface area contributed by atoms with E-state index in [-0.39, 0.29) is 17.1 Å². The Labute approximate surface area is 98.7 Å². The maximum Gasteiger partial charge on any atom is 0.337 e. The van der Waals surface area contributed by atoms with Gasteiger partial charge in [-0.1, -0.05) is 5.92 Å². The molecule has 0 fully saturated rings. The minimum atomic E-state index is -3.73. The van der Waals surface area contributed by atoms with Crippen molar-refractivity contribution in [1.29, 1.82) is 0 Å². The van der Waals surface area contributed by atoms with Crippen LogP contribution in [0.15, 0.2) is 23.4 Å². The van der Waals surface area contributed by atoms with Crippen molar-refractivity contribution in [1.82, 2.24) is 9.71 Å². The number of aromatic carboxylic acids is 1.